The largest absolute Gasteiger partial charge is 0.305 e. The van der Waals surface area contributed by atoms with Gasteiger partial charge in [-0.2, -0.15) is 4.39 Å². The van der Waals surface area contributed by atoms with Gasteiger partial charge in [0.15, 0.2) is 0 Å². The molecule has 0 aliphatic rings. The average molecular weight is 319 g/mol. The van der Waals surface area contributed by atoms with Gasteiger partial charge in [-0.15, -0.1) is 0 Å². The Kier molecular flexibility index (Phi) is 3.31. The minimum absolute atomic E-state index is 0.161. The van der Waals surface area contributed by atoms with Crippen molar-refractivity contribution in [1.29, 1.82) is 0 Å². The number of nitrogens with zero attached hydrogens (tertiary/aromatic N) is 1. The Labute approximate surface area is 96.5 Å². The molecule has 0 heterocycles. The molecule has 0 bridgehead atoms. The lowest BCUT2D eigenvalue weighted by Gasteiger charge is -2.00. The van der Waals surface area contributed by atoms with Gasteiger partial charge in [0.1, 0.15) is 0 Å². The predicted molar refractivity (Wildman–Crippen MR) is 53.8 cm³/mol. The van der Waals surface area contributed by atoms with Crippen molar-refractivity contribution < 1.29 is 17.7 Å². The summed E-state index contributed by atoms with van der Waals surface area (Å²) in [5.74, 6) is -1.26. The van der Waals surface area contributed by atoms with Gasteiger partial charge >= 0.3 is 5.69 Å². The highest BCUT2D eigenvalue weighted by molar-refractivity contribution is 9.10. The van der Waals surface area contributed by atoms with Crippen LogP contribution in [0.1, 0.15) is 0 Å². The van der Waals surface area contributed by atoms with Crippen LogP contribution in [-0.4, -0.2) is 13.3 Å². The van der Waals surface area contributed by atoms with Crippen LogP contribution < -0.4 is 0 Å². The number of hydrogen-bond acceptors (Lipinski definition) is 4. The molecule has 0 radical (unpaired) electrons. The molecule has 0 aromatic heterocycles. The molecule has 0 saturated carbocycles. The third kappa shape index (κ3) is 2.64. The van der Waals surface area contributed by atoms with E-state index in [0.29, 0.717) is 6.07 Å². The fraction of sp³-hybridized carbons (Fsp3) is 0. The zero-order chi connectivity index (χ0) is 11.8. The number of benzene rings is 1. The molecule has 1 rings (SSSR count). The number of hydrogen-bond donors (Lipinski definition) is 0. The van der Waals surface area contributed by atoms with Crippen LogP contribution >= 0.6 is 26.6 Å². The fourth-order valence-corrected chi connectivity index (χ4v) is 3.01. The van der Waals surface area contributed by atoms with E-state index < -0.39 is 30.4 Å². The third-order valence-corrected chi connectivity index (χ3v) is 3.74. The molecule has 0 spiro atoms. The van der Waals surface area contributed by atoms with Crippen LogP contribution in [-0.2, 0) is 9.05 Å². The predicted octanol–water partition coefficient (Wildman–Crippen LogP) is 2.42. The van der Waals surface area contributed by atoms with Crippen LogP contribution in [0.2, 0.25) is 0 Å². The molecule has 0 aliphatic heterocycles. The molecule has 5 nitrogen and oxygen atoms in total. The monoisotopic (exact) mass is 317 g/mol. The van der Waals surface area contributed by atoms with E-state index >= 15 is 0 Å². The standard InChI is InChI=1S/C6H2BrClFNO4S/c7-3-1-5(10(11)12)4(9)2-6(3)15(8,13)14/h1-2H. The Hall–Kier alpha value is -0.730. The summed E-state index contributed by atoms with van der Waals surface area (Å²) in [6.45, 7) is 0. The molecule has 0 atom stereocenters. The Bertz CT molecular complexity index is 532. The van der Waals surface area contributed by atoms with Crippen LogP contribution in [0.25, 0.3) is 0 Å². The molecule has 0 amide bonds. The second-order valence-corrected chi connectivity index (χ2v) is 5.82. The van der Waals surface area contributed by atoms with Gasteiger partial charge in [0.25, 0.3) is 9.05 Å². The van der Waals surface area contributed by atoms with E-state index in [1.807, 2.05) is 0 Å². The van der Waals surface area contributed by atoms with Crippen LogP contribution in [0, 0.1) is 15.9 Å². The smallest absolute Gasteiger partial charge is 0.258 e. The van der Waals surface area contributed by atoms with Crippen LogP contribution in [0.4, 0.5) is 10.1 Å². The summed E-state index contributed by atoms with van der Waals surface area (Å²) in [7, 11) is 0.838. The van der Waals surface area contributed by atoms with E-state index in [1.54, 1.807) is 0 Å². The summed E-state index contributed by atoms with van der Waals surface area (Å²) >= 11 is 2.75. The minimum Gasteiger partial charge on any atom is -0.258 e. The van der Waals surface area contributed by atoms with Gasteiger partial charge in [-0.1, -0.05) is 0 Å². The SMILES string of the molecule is O=[N+]([O-])c1cc(Br)c(S(=O)(=O)Cl)cc1F. The lowest BCUT2D eigenvalue weighted by atomic mass is 10.3. The van der Waals surface area contributed by atoms with Crippen molar-refractivity contribution in [3.8, 4) is 0 Å². The van der Waals surface area contributed by atoms with E-state index in [1.165, 1.54) is 0 Å². The summed E-state index contributed by atoms with van der Waals surface area (Å²) in [6, 6.07) is 1.23. The molecular formula is C6H2BrClFNO4S. The molecule has 82 valence electrons. The Morgan fingerprint density at radius 2 is 2.00 bits per heavy atom. The van der Waals surface area contributed by atoms with E-state index in [4.69, 9.17) is 10.7 Å². The summed E-state index contributed by atoms with van der Waals surface area (Å²) in [4.78, 5) is 8.78. The van der Waals surface area contributed by atoms with Crippen molar-refractivity contribution in [3.05, 3.63) is 32.5 Å². The number of nitro benzene ring substituents is 1. The summed E-state index contributed by atoms with van der Waals surface area (Å²) < 4.78 is 34.6. The van der Waals surface area contributed by atoms with Gasteiger partial charge in [-0.3, -0.25) is 10.1 Å². The first kappa shape index (κ1) is 12.3. The van der Waals surface area contributed by atoms with E-state index in [2.05, 4.69) is 15.9 Å². The highest BCUT2D eigenvalue weighted by atomic mass is 79.9. The average Bonchev–Trinajstić information content (AvgIpc) is 2.06. The zero-order valence-electron chi connectivity index (χ0n) is 6.78. The molecule has 1 aromatic rings. The molecule has 0 N–H and O–H groups in total. The summed E-state index contributed by atoms with van der Waals surface area (Å²) in [6.07, 6.45) is 0. The van der Waals surface area contributed by atoms with Gasteiger partial charge < -0.3 is 0 Å². The molecule has 1 aromatic carbocycles. The lowest BCUT2D eigenvalue weighted by Crippen LogP contribution is -1.98. The van der Waals surface area contributed by atoms with Gasteiger partial charge in [0.2, 0.25) is 5.82 Å². The van der Waals surface area contributed by atoms with Gasteiger partial charge in [-0.05, 0) is 15.9 Å². The maximum atomic E-state index is 13.0. The maximum absolute atomic E-state index is 13.0. The lowest BCUT2D eigenvalue weighted by molar-refractivity contribution is -0.387. The first-order valence-corrected chi connectivity index (χ1v) is 6.42. The quantitative estimate of drug-likeness (QED) is 0.476. The first-order valence-electron chi connectivity index (χ1n) is 3.31. The molecule has 15 heavy (non-hydrogen) atoms. The van der Waals surface area contributed by atoms with Crippen molar-refractivity contribution >= 4 is 41.4 Å². The molecule has 0 saturated heterocycles. The number of nitro groups is 1. The highest BCUT2D eigenvalue weighted by Crippen LogP contribution is 2.31. The van der Waals surface area contributed by atoms with Gasteiger partial charge in [-0.25, -0.2) is 8.42 Å². The van der Waals surface area contributed by atoms with Crippen molar-refractivity contribution in [3.63, 3.8) is 0 Å². The second-order valence-electron chi connectivity index (χ2n) is 2.43. The molecule has 0 aliphatic carbocycles. The molecule has 0 unspecified atom stereocenters. The molecule has 0 fully saturated rings. The normalized spacial score (nSPS) is 11.4. The Morgan fingerprint density at radius 1 is 1.47 bits per heavy atom. The highest BCUT2D eigenvalue weighted by Gasteiger charge is 2.22. The van der Waals surface area contributed by atoms with Crippen molar-refractivity contribution in [2.24, 2.45) is 0 Å². The topological polar surface area (TPSA) is 77.3 Å². The third-order valence-electron chi connectivity index (χ3n) is 1.46. The minimum atomic E-state index is -4.14. The van der Waals surface area contributed by atoms with Crippen LogP contribution in [0.15, 0.2) is 21.5 Å². The van der Waals surface area contributed by atoms with Crippen LogP contribution in [0.3, 0.4) is 0 Å². The Balaban J connectivity index is 3.52. The summed E-state index contributed by atoms with van der Waals surface area (Å²) in [5, 5.41) is 10.3. The second kappa shape index (κ2) is 4.03. The van der Waals surface area contributed by atoms with Gasteiger partial charge in [0, 0.05) is 27.3 Å². The zero-order valence-corrected chi connectivity index (χ0v) is 9.94. The van der Waals surface area contributed by atoms with E-state index in [-0.39, 0.29) is 4.47 Å². The van der Waals surface area contributed by atoms with Gasteiger partial charge in [0.05, 0.1) is 9.82 Å². The fourth-order valence-electron chi connectivity index (χ4n) is 0.845. The van der Waals surface area contributed by atoms with E-state index in [0.717, 1.165) is 6.07 Å². The Morgan fingerprint density at radius 3 is 2.40 bits per heavy atom. The van der Waals surface area contributed by atoms with E-state index in [9.17, 15) is 22.9 Å². The molecular weight excluding hydrogens is 316 g/mol. The van der Waals surface area contributed by atoms with Crippen LogP contribution in [0.5, 0.6) is 0 Å². The number of rotatable bonds is 2. The molecule has 9 heteroatoms. The maximum Gasteiger partial charge on any atom is 0.305 e. The summed E-state index contributed by atoms with van der Waals surface area (Å²) in [5.41, 5.74) is -0.828. The van der Waals surface area contributed by atoms with Crippen molar-refractivity contribution in [2.45, 2.75) is 4.90 Å². The first-order chi connectivity index (χ1) is 6.73. The van der Waals surface area contributed by atoms with Crippen molar-refractivity contribution in [1.82, 2.24) is 0 Å². The number of halogens is 3. The van der Waals surface area contributed by atoms with Crippen molar-refractivity contribution in [2.75, 3.05) is 0 Å².